The molecule has 0 N–H and O–H groups in total. The van der Waals surface area contributed by atoms with Crippen molar-refractivity contribution < 1.29 is 9.47 Å². The van der Waals surface area contributed by atoms with Crippen molar-refractivity contribution in [3.8, 4) is 34.1 Å². The summed E-state index contributed by atoms with van der Waals surface area (Å²) in [5, 5.41) is 0. The van der Waals surface area contributed by atoms with Gasteiger partial charge in [-0.25, -0.2) is 0 Å². The average molecular weight is 424 g/mol. The Morgan fingerprint density at radius 2 is 1.48 bits per heavy atom. The van der Waals surface area contributed by atoms with Crippen LogP contribution < -0.4 is 25.9 Å². The fourth-order valence-corrected chi connectivity index (χ4v) is 5.31. The second-order valence-electron chi connectivity index (χ2n) is 8.79. The van der Waals surface area contributed by atoms with E-state index < -0.39 is 0 Å². The van der Waals surface area contributed by atoms with Gasteiger partial charge in [0, 0.05) is 11.0 Å². The summed E-state index contributed by atoms with van der Waals surface area (Å²) in [6, 6.07) is 29.7. The Labute approximate surface area is 193 Å². The van der Waals surface area contributed by atoms with Crippen molar-refractivity contribution in [3.63, 3.8) is 0 Å². The lowest BCUT2D eigenvalue weighted by Gasteiger charge is -2.34. The molecule has 2 heterocycles. The topological polar surface area (TPSA) is 18.5 Å². The summed E-state index contributed by atoms with van der Waals surface area (Å²) in [5.74, 6) is 3.64. The van der Waals surface area contributed by atoms with E-state index in [9.17, 15) is 0 Å². The summed E-state index contributed by atoms with van der Waals surface area (Å²) in [5.41, 5.74) is 8.30. The van der Waals surface area contributed by atoms with Crippen LogP contribution in [0.4, 0.5) is 0 Å². The molecule has 1 aliphatic carbocycles. The predicted octanol–water partition coefficient (Wildman–Crippen LogP) is 5.81. The molecular formula is C30H21BO2. The van der Waals surface area contributed by atoms with Gasteiger partial charge < -0.3 is 9.47 Å². The van der Waals surface area contributed by atoms with E-state index in [1.807, 2.05) is 12.1 Å². The third-order valence-electron chi connectivity index (χ3n) is 6.84. The minimum Gasteiger partial charge on any atom is -0.458 e. The van der Waals surface area contributed by atoms with Gasteiger partial charge in [0.25, 0.3) is 6.71 Å². The van der Waals surface area contributed by atoms with Crippen LogP contribution in [0.15, 0.2) is 103 Å². The summed E-state index contributed by atoms with van der Waals surface area (Å²) in [6.45, 7) is 0.0699. The number of allylic oxidation sites excluding steroid dienone is 4. The summed E-state index contributed by atoms with van der Waals surface area (Å²) in [6.07, 6.45) is 8.95. The van der Waals surface area contributed by atoms with E-state index in [1.54, 1.807) is 0 Å². The maximum absolute atomic E-state index is 6.58. The molecule has 4 aromatic rings. The molecule has 0 aromatic heterocycles. The summed E-state index contributed by atoms with van der Waals surface area (Å²) >= 11 is 0. The highest BCUT2D eigenvalue weighted by Gasteiger charge is 2.40. The van der Waals surface area contributed by atoms with Crippen LogP contribution in [0.5, 0.6) is 23.0 Å². The smallest absolute Gasteiger partial charge is 0.260 e. The molecule has 33 heavy (non-hydrogen) atoms. The maximum atomic E-state index is 6.58. The molecule has 0 unspecified atom stereocenters. The molecule has 4 aromatic carbocycles. The highest BCUT2D eigenvalue weighted by Crippen LogP contribution is 2.38. The van der Waals surface area contributed by atoms with Crippen molar-refractivity contribution in [2.24, 2.45) is 0 Å². The molecule has 3 heteroatoms. The van der Waals surface area contributed by atoms with Crippen LogP contribution in [0.25, 0.3) is 16.7 Å². The second-order valence-corrected chi connectivity index (χ2v) is 8.79. The van der Waals surface area contributed by atoms with Crippen LogP contribution in [0, 0.1) is 0 Å². The molecule has 0 saturated carbocycles. The third-order valence-corrected chi connectivity index (χ3v) is 6.84. The van der Waals surface area contributed by atoms with Crippen molar-refractivity contribution in [2.45, 2.75) is 12.8 Å². The Bertz CT molecular complexity index is 1470. The van der Waals surface area contributed by atoms with E-state index >= 15 is 0 Å². The van der Waals surface area contributed by atoms with Gasteiger partial charge in [0.2, 0.25) is 0 Å². The molecule has 2 aliphatic heterocycles. The van der Waals surface area contributed by atoms with E-state index in [0.717, 1.165) is 46.9 Å². The van der Waals surface area contributed by atoms with Crippen LogP contribution in [-0.4, -0.2) is 6.71 Å². The van der Waals surface area contributed by atoms with Gasteiger partial charge in [0.1, 0.15) is 23.0 Å². The van der Waals surface area contributed by atoms with Crippen LogP contribution in [-0.2, 0) is 0 Å². The van der Waals surface area contributed by atoms with Crippen molar-refractivity contribution in [2.75, 3.05) is 0 Å². The fraction of sp³-hybridized carbons (Fsp3) is 0.0667. The Hall–Kier alpha value is -3.98. The Balaban J connectivity index is 1.46. The van der Waals surface area contributed by atoms with E-state index in [0.29, 0.717) is 0 Å². The minimum absolute atomic E-state index is 0.0699. The first kappa shape index (κ1) is 18.6. The zero-order chi connectivity index (χ0) is 21.8. The number of ether oxygens (including phenoxy) is 2. The standard InChI is InChI=1S/C30H21BO2/c1-3-9-20(10-4-1)22-17-18-26-25(19-22)31-24-14-7-13-23(21-11-5-2-6-12-21)30(24)33-28-16-8-15-27(32-26)29(28)31/h1,3-5,7-19H,2,6H2. The molecule has 0 atom stereocenters. The Kier molecular flexibility index (Phi) is 4.10. The van der Waals surface area contributed by atoms with E-state index in [1.165, 1.54) is 27.6 Å². The van der Waals surface area contributed by atoms with Gasteiger partial charge in [-0.2, -0.15) is 0 Å². The van der Waals surface area contributed by atoms with Gasteiger partial charge in [0.15, 0.2) is 0 Å². The van der Waals surface area contributed by atoms with E-state index in [2.05, 4.69) is 91.0 Å². The van der Waals surface area contributed by atoms with E-state index in [-0.39, 0.29) is 6.71 Å². The third kappa shape index (κ3) is 2.89. The minimum atomic E-state index is 0.0699. The summed E-state index contributed by atoms with van der Waals surface area (Å²) in [7, 11) is 0. The largest absolute Gasteiger partial charge is 0.458 e. The van der Waals surface area contributed by atoms with Gasteiger partial charge in [0.05, 0.1) is 0 Å². The van der Waals surface area contributed by atoms with Gasteiger partial charge >= 0.3 is 0 Å². The van der Waals surface area contributed by atoms with E-state index in [4.69, 9.17) is 9.47 Å². The normalized spacial score (nSPS) is 14.9. The molecule has 7 rings (SSSR count). The SMILES string of the molecule is C1=CC(c2cccc3c2Oc2cccc4c2B3c2cc(-c3ccccc3)ccc2O4)=CCC1. The molecular weight excluding hydrogens is 403 g/mol. The molecule has 0 fully saturated rings. The van der Waals surface area contributed by atoms with Gasteiger partial charge in [-0.15, -0.1) is 0 Å². The number of fused-ring (bicyclic) bond motifs is 4. The lowest BCUT2D eigenvalue weighted by molar-refractivity contribution is 0.464. The number of rotatable bonds is 2. The van der Waals surface area contributed by atoms with Crippen LogP contribution in [0.3, 0.4) is 0 Å². The van der Waals surface area contributed by atoms with Gasteiger partial charge in [-0.1, -0.05) is 85.0 Å². The second kappa shape index (κ2) is 7.28. The maximum Gasteiger partial charge on any atom is 0.260 e. The zero-order valence-electron chi connectivity index (χ0n) is 18.1. The Morgan fingerprint density at radius 3 is 2.33 bits per heavy atom. The fourth-order valence-electron chi connectivity index (χ4n) is 5.31. The number of para-hydroxylation sites is 1. The number of benzene rings is 4. The van der Waals surface area contributed by atoms with Crippen LogP contribution in [0.1, 0.15) is 18.4 Å². The Morgan fingerprint density at radius 1 is 0.636 bits per heavy atom. The molecule has 0 saturated heterocycles. The summed E-state index contributed by atoms with van der Waals surface area (Å²) < 4.78 is 13.0. The quantitative estimate of drug-likeness (QED) is 0.327. The van der Waals surface area contributed by atoms with Gasteiger partial charge in [-0.05, 0) is 58.7 Å². The summed E-state index contributed by atoms with van der Waals surface area (Å²) in [4.78, 5) is 0. The van der Waals surface area contributed by atoms with Crippen molar-refractivity contribution in [1.29, 1.82) is 0 Å². The highest BCUT2D eigenvalue weighted by molar-refractivity contribution is 6.98. The average Bonchev–Trinajstić information content (AvgIpc) is 2.89. The van der Waals surface area contributed by atoms with Crippen LogP contribution >= 0.6 is 0 Å². The molecule has 0 amide bonds. The molecule has 0 radical (unpaired) electrons. The molecule has 3 aliphatic rings. The monoisotopic (exact) mass is 424 g/mol. The zero-order valence-corrected chi connectivity index (χ0v) is 18.1. The van der Waals surface area contributed by atoms with Crippen molar-refractivity contribution in [3.05, 3.63) is 109 Å². The molecule has 0 spiro atoms. The first-order chi connectivity index (χ1) is 16.4. The molecule has 0 bridgehead atoms. The molecule has 156 valence electrons. The lowest BCUT2D eigenvalue weighted by atomic mass is 9.34. The first-order valence-corrected chi connectivity index (χ1v) is 11.5. The first-order valence-electron chi connectivity index (χ1n) is 11.5. The molecule has 2 nitrogen and oxygen atoms in total. The predicted molar refractivity (Wildman–Crippen MR) is 136 cm³/mol. The lowest BCUT2D eigenvalue weighted by Crippen LogP contribution is -2.57. The van der Waals surface area contributed by atoms with Crippen LogP contribution in [0.2, 0.25) is 0 Å². The number of hydrogen-bond donors (Lipinski definition) is 0. The van der Waals surface area contributed by atoms with Crippen molar-refractivity contribution in [1.82, 2.24) is 0 Å². The highest BCUT2D eigenvalue weighted by atomic mass is 16.5. The number of hydrogen-bond acceptors (Lipinski definition) is 2. The van der Waals surface area contributed by atoms with Gasteiger partial charge in [-0.3, -0.25) is 0 Å². The van der Waals surface area contributed by atoms with Crippen molar-refractivity contribution >= 4 is 28.7 Å².